The molecule has 0 saturated heterocycles. The van der Waals surface area contributed by atoms with Crippen molar-refractivity contribution in [2.45, 2.75) is 71.6 Å². The first-order chi connectivity index (χ1) is 7.20. The number of aliphatic hydroxyl groups is 1. The van der Waals surface area contributed by atoms with Crippen molar-refractivity contribution in [2.75, 3.05) is 6.54 Å². The molecule has 1 aliphatic rings. The van der Waals surface area contributed by atoms with Crippen LogP contribution < -0.4 is 0 Å². The zero-order valence-corrected chi connectivity index (χ0v) is 10.6. The third-order valence-electron chi connectivity index (χ3n) is 3.72. The van der Waals surface area contributed by atoms with E-state index >= 15 is 0 Å². The van der Waals surface area contributed by atoms with Gasteiger partial charge in [0.2, 0.25) is 0 Å². The summed E-state index contributed by atoms with van der Waals surface area (Å²) >= 11 is 0. The van der Waals surface area contributed by atoms with E-state index in [-0.39, 0.29) is 6.23 Å². The molecule has 2 heteroatoms. The minimum absolute atomic E-state index is 0.226. The van der Waals surface area contributed by atoms with Gasteiger partial charge >= 0.3 is 0 Å². The molecule has 3 unspecified atom stereocenters. The van der Waals surface area contributed by atoms with Crippen LogP contribution in [0.2, 0.25) is 0 Å². The number of aliphatic hydroxyl groups excluding tert-OH is 1. The molecule has 0 spiro atoms. The van der Waals surface area contributed by atoms with E-state index < -0.39 is 0 Å². The van der Waals surface area contributed by atoms with Crippen LogP contribution in [0.4, 0.5) is 0 Å². The SMILES string of the molecule is CCCN(C(O)CC)C1CCCCC1C. The van der Waals surface area contributed by atoms with E-state index in [0.717, 1.165) is 25.3 Å². The monoisotopic (exact) mass is 213 g/mol. The van der Waals surface area contributed by atoms with E-state index in [1.54, 1.807) is 0 Å². The van der Waals surface area contributed by atoms with Crippen LogP contribution in [0.15, 0.2) is 0 Å². The van der Waals surface area contributed by atoms with Crippen LogP contribution in [0.5, 0.6) is 0 Å². The lowest BCUT2D eigenvalue weighted by Crippen LogP contribution is -2.47. The maximum absolute atomic E-state index is 10.0. The molecule has 1 N–H and O–H groups in total. The van der Waals surface area contributed by atoms with Crippen LogP contribution in [-0.2, 0) is 0 Å². The van der Waals surface area contributed by atoms with Gasteiger partial charge in [0.15, 0.2) is 0 Å². The summed E-state index contributed by atoms with van der Waals surface area (Å²) in [5.74, 6) is 0.756. The average molecular weight is 213 g/mol. The Kier molecular flexibility index (Phi) is 5.62. The Labute approximate surface area is 94.7 Å². The molecule has 90 valence electrons. The Hall–Kier alpha value is -0.0800. The molecule has 0 aromatic rings. The normalized spacial score (nSPS) is 29.4. The van der Waals surface area contributed by atoms with Gasteiger partial charge in [-0.15, -0.1) is 0 Å². The summed E-state index contributed by atoms with van der Waals surface area (Å²) in [6.07, 6.45) is 7.09. The van der Waals surface area contributed by atoms with Crippen molar-refractivity contribution in [1.82, 2.24) is 4.90 Å². The molecule has 2 nitrogen and oxygen atoms in total. The molecule has 1 aliphatic carbocycles. The molecule has 3 atom stereocenters. The van der Waals surface area contributed by atoms with Gasteiger partial charge in [-0.1, -0.05) is 33.6 Å². The van der Waals surface area contributed by atoms with Gasteiger partial charge in [-0.05, 0) is 31.6 Å². The van der Waals surface area contributed by atoms with Crippen molar-refractivity contribution < 1.29 is 5.11 Å². The van der Waals surface area contributed by atoms with E-state index in [1.807, 2.05) is 0 Å². The number of hydrogen-bond acceptors (Lipinski definition) is 2. The fourth-order valence-electron chi connectivity index (χ4n) is 2.82. The van der Waals surface area contributed by atoms with E-state index in [0.29, 0.717) is 6.04 Å². The minimum Gasteiger partial charge on any atom is -0.378 e. The largest absolute Gasteiger partial charge is 0.378 e. The topological polar surface area (TPSA) is 23.5 Å². The molecule has 0 aromatic carbocycles. The fourth-order valence-corrected chi connectivity index (χ4v) is 2.82. The Bertz CT molecular complexity index is 172. The van der Waals surface area contributed by atoms with Crippen molar-refractivity contribution in [1.29, 1.82) is 0 Å². The van der Waals surface area contributed by atoms with Crippen LogP contribution >= 0.6 is 0 Å². The van der Waals surface area contributed by atoms with Crippen LogP contribution in [-0.4, -0.2) is 28.8 Å². The quantitative estimate of drug-likeness (QED) is 0.710. The van der Waals surface area contributed by atoms with E-state index in [9.17, 15) is 5.11 Å². The summed E-state index contributed by atoms with van der Waals surface area (Å²) in [5.41, 5.74) is 0. The van der Waals surface area contributed by atoms with E-state index in [1.165, 1.54) is 25.7 Å². The first-order valence-corrected chi connectivity index (χ1v) is 6.64. The summed E-state index contributed by atoms with van der Waals surface area (Å²) < 4.78 is 0. The highest BCUT2D eigenvalue weighted by atomic mass is 16.3. The van der Waals surface area contributed by atoms with Gasteiger partial charge in [-0.2, -0.15) is 0 Å². The van der Waals surface area contributed by atoms with E-state index in [2.05, 4.69) is 25.7 Å². The number of hydrogen-bond donors (Lipinski definition) is 1. The second kappa shape index (κ2) is 6.49. The van der Waals surface area contributed by atoms with Crippen molar-refractivity contribution in [3.8, 4) is 0 Å². The maximum Gasteiger partial charge on any atom is 0.107 e. The van der Waals surface area contributed by atoms with Crippen molar-refractivity contribution in [3.63, 3.8) is 0 Å². The van der Waals surface area contributed by atoms with Crippen LogP contribution in [0.3, 0.4) is 0 Å². The molecular formula is C13H27NO. The Morgan fingerprint density at radius 1 is 1.27 bits per heavy atom. The second-order valence-corrected chi connectivity index (χ2v) is 4.96. The van der Waals surface area contributed by atoms with Gasteiger partial charge in [0.1, 0.15) is 6.23 Å². The molecule has 1 rings (SSSR count). The third kappa shape index (κ3) is 3.46. The summed E-state index contributed by atoms with van der Waals surface area (Å²) in [6.45, 7) is 7.66. The van der Waals surface area contributed by atoms with Gasteiger partial charge in [-0.3, -0.25) is 4.90 Å². The Balaban J connectivity index is 2.59. The number of rotatable bonds is 5. The van der Waals surface area contributed by atoms with Gasteiger partial charge in [0.05, 0.1) is 0 Å². The second-order valence-electron chi connectivity index (χ2n) is 4.96. The first kappa shape index (κ1) is 13.0. The molecule has 1 fully saturated rings. The highest BCUT2D eigenvalue weighted by Crippen LogP contribution is 2.29. The lowest BCUT2D eigenvalue weighted by molar-refractivity contribution is -0.0503. The highest BCUT2D eigenvalue weighted by molar-refractivity contribution is 4.81. The Morgan fingerprint density at radius 3 is 2.47 bits per heavy atom. The molecule has 0 amide bonds. The maximum atomic E-state index is 10.0. The van der Waals surface area contributed by atoms with Crippen LogP contribution in [0, 0.1) is 5.92 Å². The third-order valence-corrected chi connectivity index (χ3v) is 3.72. The van der Waals surface area contributed by atoms with Crippen molar-refractivity contribution >= 4 is 0 Å². The summed E-state index contributed by atoms with van der Waals surface area (Å²) in [6, 6.07) is 0.619. The lowest BCUT2D eigenvalue weighted by Gasteiger charge is -2.41. The standard InChI is InChI=1S/C13H27NO/c1-4-10-14(13(15)5-2)12-9-7-6-8-11(12)3/h11-13,15H,4-10H2,1-3H3. The fraction of sp³-hybridized carbons (Fsp3) is 1.00. The van der Waals surface area contributed by atoms with Crippen LogP contribution in [0.25, 0.3) is 0 Å². The Morgan fingerprint density at radius 2 is 1.93 bits per heavy atom. The molecule has 15 heavy (non-hydrogen) atoms. The zero-order chi connectivity index (χ0) is 11.3. The minimum atomic E-state index is -0.226. The summed E-state index contributed by atoms with van der Waals surface area (Å²) in [7, 11) is 0. The molecule has 0 aromatic heterocycles. The first-order valence-electron chi connectivity index (χ1n) is 6.64. The highest BCUT2D eigenvalue weighted by Gasteiger charge is 2.29. The predicted octanol–water partition coefficient (Wildman–Crippen LogP) is 3.01. The predicted molar refractivity (Wildman–Crippen MR) is 64.7 cm³/mol. The molecule has 0 radical (unpaired) electrons. The smallest absolute Gasteiger partial charge is 0.107 e. The van der Waals surface area contributed by atoms with Gasteiger partial charge < -0.3 is 5.11 Å². The number of nitrogens with zero attached hydrogens (tertiary/aromatic N) is 1. The van der Waals surface area contributed by atoms with Gasteiger partial charge in [0.25, 0.3) is 0 Å². The van der Waals surface area contributed by atoms with Crippen molar-refractivity contribution in [3.05, 3.63) is 0 Å². The van der Waals surface area contributed by atoms with Gasteiger partial charge in [-0.25, -0.2) is 0 Å². The lowest BCUT2D eigenvalue weighted by atomic mass is 9.84. The zero-order valence-electron chi connectivity index (χ0n) is 10.6. The molecule has 0 aliphatic heterocycles. The molecule has 0 bridgehead atoms. The molecular weight excluding hydrogens is 186 g/mol. The average Bonchev–Trinajstić information content (AvgIpc) is 2.26. The molecule has 1 saturated carbocycles. The summed E-state index contributed by atoms with van der Waals surface area (Å²) in [4.78, 5) is 2.34. The van der Waals surface area contributed by atoms with E-state index in [4.69, 9.17) is 0 Å². The molecule has 0 heterocycles. The summed E-state index contributed by atoms with van der Waals surface area (Å²) in [5, 5.41) is 10.0. The van der Waals surface area contributed by atoms with Crippen molar-refractivity contribution in [2.24, 2.45) is 5.92 Å². The van der Waals surface area contributed by atoms with Crippen LogP contribution in [0.1, 0.15) is 59.3 Å². The van der Waals surface area contributed by atoms with Gasteiger partial charge in [0, 0.05) is 12.6 Å².